The molecular weight excluding hydrogens is 466 g/mol. The van der Waals surface area contributed by atoms with Gasteiger partial charge in [-0.15, -0.1) is 0 Å². The van der Waals surface area contributed by atoms with Crippen LogP contribution in [0.2, 0.25) is 0 Å². The summed E-state index contributed by atoms with van der Waals surface area (Å²) in [6, 6.07) is 0. The van der Waals surface area contributed by atoms with E-state index in [2.05, 4.69) is 0 Å². The lowest BCUT2D eigenvalue weighted by atomic mass is 9.48. The fourth-order valence-electron chi connectivity index (χ4n) is 5.62. The number of benzene rings is 2. The zero-order valence-electron chi connectivity index (χ0n) is 17.3. The third-order valence-electron chi connectivity index (χ3n) is 7.21. The van der Waals surface area contributed by atoms with Crippen molar-refractivity contribution in [2.24, 2.45) is 5.92 Å². The van der Waals surface area contributed by atoms with Crippen LogP contribution in [0.25, 0.3) is 0 Å². The maximum absolute atomic E-state index is 14.8. The smallest absolute Gasteiger partial charge is 0.200 e. The van der Waals surface area contributed by atoms with E-state index in [1.54, 1.807) is 0 Å². The average molecular weight is 482 g/mol. The number of allylic oxidation sites excluding steroid dienone is 2. The molecule has 1 fully saturated rings. The molecule has 0 spiro atoms. The second-order valence-corrected chi connectivity index (χ2v) is 8.83. The van der Waals surface area contributed by atoms with E-state index in [1.807, 2.05) is 0 Å². The first-order valence-corrected chi connectivity index (χ1v) is 10.1. The number of hydrogen-bond acceptors (Lipinski definition) is 0. The van der Waals surface area contributed by atoms with Crippen LogP contribution < -0.4 is 0 Å². The van der Waals surface area contributed by atoms with Crippen molar-refractivity contribution in [1.29, 1.82) is 0 Å². The standard InChI is InChI=1S/C23H16F10/c1-3-23(11-14(26)18(30)21(33)19(31)15(11)27)6-8-4-5-9(8)22(2,7-23)10-12(24)16(28)20(32)17(29)13(10)25/h5,8H,3-4,6-7H2,1-2H3. The van der Waals surface area contributed by atoms with E-state index < -0.39 is 92.5 Å². The Morgan fingerprint density at radius 1 is 0.667 bits per heavy atom. The van der Waals surface area contributed by atoms with Crippen molar-refractivity contribution in [3.63, 3.8) is 0 Å². The van der Waals surface area contributed by atoms with Gasteiger partial charge in [-0.05, 0) is 31.6 Å². The van der Waals surface area contributed by atoms with Gasteiger partial charge in [0.15, 0.2) is 46.5 Å². The lowest BCUT2D eigenvalue weighted by Gasteiger charge is -2.55. The van der Waals surface area contributed by atoms with Gasteiger partial charge in [0.25, 0.3) is 0 Å². The fourth-order valence-corrected chi connectivity index (χ4v) is 5.62. The van der Waals surface area contributed by atoms with Crippen LogP contribution in [0.4, 0.5) is 43.9 Å². The van der Waals surface area contributed by atoms with E-state index in [0.29, 0.717) is 5.57 Å². The highest BCUT2D eigenvalue weighted by atomic mass is 19.2. The van der Waals surface area contributed by atoms with Gasteiger partial charge >= 0.3 is 0 Å². The minimum atomic E-state index is -2.37. The fraction of sp³-hybridized carbons (Fsp3) is 0.391. The molecule has 4 rings (SSSR count). The zero-order valence-corrected chi connectivity index (χ0v) is 17.3. The summed E-state index contributed by atoms with van der Waals surface area (Å²) in [6.45, 7) is 2.54. The van der Waals surface area contributed by atoms with Crippen LogP contribution in [-0.2, 0) is 10.8 Å². The van der Waals surface area contributed by atoms with Gasteiger partial charge in [0, 0.05) is 22.0 Å². The monoisotopic (exact) mass is 482 g/mol. The second kappa shape index (κ2) is 7.50. The molecule has 2 aromatic rings. The Kier molecular flexibility index (Phi) is 5.37. The van der Waals surface area contributed by atoms with Gasteiger partial charge < -0.3 is 0 Å². The number of fused-ring (bicyclic) bond motifs is 1. The Balaban J connectivity index is 2.02. The Hall–Kier alpha value is -2.52. The minimum Gasteiger partial charge on any atom is -0.203 e. The normalized spacial score (nSPS) is 26.7. The molecule has 33 heavy (non-hydrogen) atoms. The molecule has 2 aromatic carbocycles. The quantitative estimate of drug-likeness (QED) is 0.185. The molecule has 1 saturated carbocycles. The zero-order chi connectivity index (χ0) is 24.6. The molecule has 0 amide bonds. The molecule has 0 saturated heterocycles. The molecule has 10 heteroatoms. The third-order valence-corrected chi connectivity index (χ3v) is 7.21. The lowest BCUT2D eigenvalue weighted by Crippen LogP contribution is -2.50. The molecule has 0 nitrogen and oxygen atoms in total. The van der Waals surface area contributed by atoms with Crippen molar-refractivity contribution in [2.75, 3.05) is 0 Å². The SMILES string of the molecule is CCC1(c2c(F)c(F)c(F)c(F)c2F)CC2CC=C2C(C)(c2c(F)c(F)c(F)c(F)c2F)C1. The Bertz CT molecular complexity index is 1160. The summed E-state index contributed by atoms with van der Waals surface area (Å²) in [5, 5.41) is 0. The molecule has 178 valence electrons. The lowest BCUT2D eigenvalue weighted by molar-refractivity contribution is 0.160. The molecule has 3 atom stereocenters. The predicted octanol–water partition coefficient (Wildman–Crippen LogP) is 7.42. The predicted molar refractivity (Wildman–Crippen MR) is 97.2 cm³/mol. The van der Waals surface area contributed by atoms with Crippen molar-refractivity contribution >= 4 is 0 Å². The molecule has 0 aliphatic heterocycles. The van der Waals surface area contributed by atoms with Crippen molar-refractivity contribution in [2.45, 2.75) is 50.4 Å². The van der Waals surface area contributed by atoms with Crippen LogP contribution in [0.15, 0.2) is 11.6 Å². The van der Waals surface area contributed by atoms with Crippen LogP contribution in [-0.4, -0.2) is 0 Å². The van der Waals surface area contributed by atoms with Crippen molar-refractivity contribution < 1.29 is 43.9 Å². The number of halogens is 10. The van der Waals surface area contributed by atoms with Crippen LogP contribution in [0.1, 0.15) is 50.7 Å². The summed E-state index contributed by atoms with van der Waals surface area (Å²) in [7, 11) is 0. The summed E-state index contributed by atoms with van der Waals surface area (Å²) >= 11 is 0. The Labute approximate surface area is 181 Å². The summed E-state index contributed by atoms with van der Waals surface area (Å²) in [4.78, 5) is 0. The molecule has 0 aromatic heterocycles. The van der Waals surface area contributed by atoms with Crippen LogP contribution in [0.5, 0.6) is 0 Å². The highest BCUT2D eigenvalue weighted by molar-refractivity contribution is 5.48. The third kappa shape index (κ3) is 2.98. The molecule has 0 radical (unpaired) electrons. The van der Waals surface area contributed by atoms with Crippen LogP contribution >= 0.6 is 0 Å². The molecule has 2 aliphatic carbocycles. The molecule has 0 bridgehead atoms. The van der Waals surface area contributed by atoms with E-state index in [0.717, 1.165) is 6.92 Å². The molecule has 2 aliphatic rings. The van der Waals surface area contributed by atoms with E-state index in [-0.39, 0.29) is 19.3 Å². The van der Waals surface area contributed by atoms with E-state index in [4.69, 9.17) is 0 Å². The average Bonchev–Trinajstić information content (AvgIpc) is 2.75. The van der Waals surface area contributed by atoms with Gasteiger partial charge in [0.1, 0.15) is 0 Å². The van der Waals surface area contributed by atoms with Gasteiger partial charge in [-0.1, -0.05) is 25.5 Å². The maximum Gasteiger partial charge on any atom is 0.200 e. The largest absolute Gasteiger partial charge is 0.203 e. The first-order valence-electron chi connectivity index (χ1n) is 10.1. The summed E-state index contributed by atoms with van der Waals surface area (Å²) in [5.74, 6) is -22.5. The second-order valence-electron chi connectivity index (χ2n) is 8.83. The van der Waals surface area contributed by atoms with Gasteiger partial charge in [-0.3, -0.25) is 0 Å². The summed E-state index contributed by atoms with van der Waals surface area (Å²) in [6.07, 6.45) is 0.770. The summed E-state index contributed by atoms with van der Waals surface area (Å²) in [5.41, 5.74) is -5.85. The molecule has 3 unspecified atom stereocenters. The Morgan fingerprint density at radius 2 is 1.06 bits per heavy atom. The Morgan fingerprint density at radius 3 is 1.42 bits per heavy atom. The van der Waals surface area contributed by atoms with E-state index in [1.165, 1.54) is 13.0 Å². The van der Waals surface area contributed by atoms with Crippen LogP contribution in [0.3, 0.4) is 0 Å². The molecular formula is C23H16F10. The van der Waals surface area contributed by atoms with E-state index >= 15 is 0 Å². The number of hydrogen-bond donors (Lipinski definition) is 0. The minimum absolute atomic E-state index is 0.126. The van der Waals surface area contributed by atoms with Crippen molar-refractivity contribution in [1.82, 2.24) is 0 Å². The molecule has 0 heterocycles. The number of rotatable bonds is 3. The first kappa shape index (κ1) is 23.6. The van der Waals surface area contributed by atoms with Gasteiger partial charge in [-0.25, -0.2) is 43.9 Å². The van der Waals surface area contributed by atoms with E-state index in [9.17, 15) is 43.9 Å². The highest BCUT2D eigenvalue weighted by Gasteiger charge is 2.56. The summed E-state index contributed by atoms with van der Waals surface area (Å²) < 4.78 is 142. The van der Waals surface area contributed by atoms with Gasteiger partial charge in [0.05, 0.1) is 0 Å². The van der Waals surface area contributed by atoms with Crippen molar-refractivity contribution in [3.8, 4) is 0 Å². The highest BCUT2D eigenvalue weighted by Crippen LogP contribution is 2.61. The topological polar surface area (TPSA) is 0 Å². The first-order chi connectivity index (χ1) is 15.3. The van der Waals surface area contributed by atoms with Gasteiger partial charge in [-0.2, -0.15) is 0 Å². The van der Waals surface area contributed by atoms with Crippen molar-refractivity contribution in [3.05, 3.63) is 80.9 Å². The maximum atomic E-state index is 14.8. The van der Waals surface area contributed by atoms with Gasteiger partial charge in [0.2, 0.25) is 11.6 Å². The van der Waals surface area contributed by atoms with Crippen LogP contribution in [0, 0.1) is 64.1 Å². The molecule has 0 N–H and O–H groups in total.